The Morgan fingerprint density at radius 3 is 2.53 bits per heavy atom. The number of benzene rings is 1. The fourth-order valence-corrected chi connectivity index (χ4v) is 1.82. The summed E-state index contributed by atoms with van der Waals surface area (Å²) in [7, 11) is 1.65. The number of nitrogens with one attached hydrogen (secondary N) is 1. The van der Waals surface area contributed by atoms with E-state index in [-0.39, 0.29) is 12.0 Å². The smallest absolute Gasteiger partial charge is 0.123 e. The molecule has 3 N–H and O–H groups in total. The van der Waals surface area contributed by atoms with Crippen molar-refractivity contribution in [3.63, 3.8) is 0 Å². The zero-order chi connectivity index (χ0) is 14.5. The molecule has 0 aliphatic rings. The van der Waals surface area contributed by atoms with Crippen LogP contribution in [0.4, 0.5) is 0 Å². The SMILES string of the molecule is COc1ccc(C(C)(C)C)cc1CNCC(O)CO. The van der Waals surface area contributed by atoms with Crippen molar-refractivity contribution >= 4 is 0 Å². The van der Waals surface area contributed by atoms with Gasteiger partial charge in [-0.2, -0.15) is 0 Å². The summed E-state index contributed by atoms with van der Waals surface area (Å²) in [6, 6.07) is 6.17. The minimum absolute atomic E-state index is 0.0889. The fraction of sp³-hybridized carbons (Fsp3) is 0.600. The van der Waals surface area contributed by atoms with Gasteiger partial charge in [0.15, 0.2) is 0 Å². The predicted molar refractivity (Wildman–Crippen MR) is 76.5 cm³/mol. The van der Waals surface area contributed by atoms with Crippen LogP contribution in [-0.4, -0.2) is 36.6 Å². The van der Waals surface area contributed by atoms with Crippen LogP contribution in [0.2, 0.25) is 0 Å². The monoisotopic (exact) mass is 267 g/mol. The molecule has 0 spiro atoms. The van der Waals surface area contributed by atoms with Gasteiger partial charge < -0.3 is 20.3 Å². The van der Waals surface area contributed by atoms with Crippen molar-refractivity contribution in [3.8, 4) is 5.75 Å². The second-order valence-electron chi connectivity index (χ2n) is 5.74. The molecule has 0 aromatic heterocycles. The molecule has 1 rings (SSSR count). The Balaban J connectivity index is 2.79. The Hall–Kier alpha value is -1.10. The van der Waals surface area contributed by atoms with Crippen LogP contribution in [0.5, 0.6) is 5.75 Å². The topological polar surface area (TPSA) is 61.7 Å². The number of ether oxygens (including phenoxy) is 1. The first kappa shape index (κ1) is 16.0. The molecule has 4 heteroatoms. The Bertz CT molecular complexity index is 399. The Kier molecular flexibility index (Phi) is 5.79. The molecule has 0 amide bonds. The second kappa shape index (κ2) is 6.89. The van der Waals surface area contributed by atoms with Gasteiger partial charge in [-0.25, -0.2) is 0 Å². The highest BCUT2D eigenvalue weighted by Crippen LogP contribution is 2.27. The maximum absolute atomic E-state index is 9.30. The quantitative estimate of drug-likeness (QED) is 0.730. The third-order valence-corrected chi connectivity index (χ3v) is 3.05. The molecule has 4 nitrogen and oxygen atoms in total. The molecule has 1 unspecified atom stereocenters. The minimum Gasteiger partial charge on any atom is -0.496 e. The van der Waals surface area contributed by atoms with Crippen LogP contribution >= 0.6 is 0 Å². The third kappa shape index (κ3) is 4.82. The van der Waals surface area contributed by atoms with E-state index in [9.17, 15) is 5.11 Å². The molecule has 0 radical (unpaired) electrons. The van der Waals surface area contributed by atoms with E-state index in [4.69, 9.17) is 9.84 Å². The van der Waals surface area contributed by atoms with E-state index < -0.39 is 6.10 Å². The van der Waals surface area contributed by atoms with Crippen LogP contribution in [-0.2, 0) is 12.0 Å². The van der Waals surface area contributed by atoms with Gasteiger partial charge in [-0.15, -0.1) is 0 Å². The number of methoxy groups -OCH3 is 1. The average molecular weight is 267 g/mol. The first-order chi connectivity index (χ1) is 8.88. The van der Waals surface area contributed by atoms with E-state index in [0.717, 1.165) is 11.3 Å². The molecular weight excluding hydrogens is 242 g/mol. The highest BCUT2D eigenvalue weighted by Gasteiger charge is 2.15. The van der Waals surface area contributed by atoms with Crippen LogP contribution in [0.15, 0.2) is 18.2 Å². The third-order valence-electron chi connectivity index (χ3n) is 3.05. The largest absolute Gasteiger partial charge is 0.496 e. The van der Waals surface area contributed by atoms with Gasteiger partial charge in [-0.3, -0.25) is 0 Å². The predicted octanol–water partition coefficient (Wildman–Crippen LogP) is 1.44. The summed E-state index contributed by atoms with van der Waals surface area (Å²) < 4.78 is 5.34. The number of hydrogen-bond donors (Lipinski definition) is 3. The lowest BCUT2D eigenvalue weighted by Crippen LogP contribution is -2.29. The van der Waals surface area contributed by atoms with Crippen LogP contribution in [0.1, 0.15) is 31.9 Å². The molecule has 0 aliphatic carbocycles. The van der Waals surface area contributed by atoms with Crippen molar-refractivity contribution in [2.45, 2.75) is 38.8 Å². The first-order valence-electron chi connectivity index (χ1n) is 6.55. The van der Waals surface area contributed by atoms with Gasteiger partial charge in [0.05, 0.1) is 19.8 Å². The van der Waals surface area contributed by atoms with Crippen LogP contribution in [0.25, 0.3) is 0 Å². The van der Waals surface area contributed by atoms with Gasteiger partial charge in [-0.05, 0) is 17.0 Å². The lowest BCUT2D eigenvalue weighted by atomic mass is 9.86. The van der Waals surface area contributed by atoms with E-state index in [1.54, 1.807) is 7.11 Å². The minimum atomic E-state index is -0.725. The highest BCUT2D eigenvalue weighted by molar-refractivity contribution is 5.39. The van der Waals surface area contributed by atoms with E-state index in [1.165, 1.54) is 5.56 Å². The van der Waals surface area contributed by atoms with Gasteiger partial charge >= 0.3 is 0 Å². The van der Waals surface area contributed by atoms with Gasteiger partial charge in [0.1, 0.15) is 5.75 Å². The van der Waals surface area contributed by atoms with Crippen LogP contribution in [0, 0.1) is 0 Å². The molecule has 1 aromatic carbocycles. The number of aliphatic hydroxyl groups is 2. The summed E-state index contributed by atoms with van der Waals surface area (Å²) >= 11 is 0. The van der Waals surface area contributed by atoms with Crippen molar-refractivity contribution in [1.29, 1.82) is 0 Å². The van der Waals surface area contributed by atoms with Gasteiger partial charge in [0, 0.05) is 18.7 Å². The number of rotatable bonds is 6. The Morgan fingerprint density at radius 1 is 1.32 bits per heavy atom. The zero-order valence-electron chi connectivity index (χ0n) is 12.2. The molecule has 0 heterocycles. The Labute approximate surface area is 115 Å². The summed E-state index contributed by atoms with van der Waals surface area (Å²) in [5.41, 5.74) is 2.39. The number of hydrogen-bond acceptors (Lipinski definition) is 4. The summed E-state index contributed by atoms with van der Waals surface area (Å²) in [5.74, 6) is 0.832. The molecule has 0 saturated carbocycles. The van der Waals surface area contributed by atoms with Crippen LogP contribution in [0.3, 0.4) is 0 Å². The molecule has 0 saturated heterocycles. The number of aliphatic hydroxyl groups excluding tert-OH is 2. The van der Waals surface area contributed by atoms with Crippen molar-refractivity contribution in [2.75, 3.05) is 20.3 Å². The maximum atomic E-state index is 9.30. The molecule has 1 aromatic rings. The van der Waals surface area contributed by atoms with Gasteiger partial charge in [0.2, 0.25) is 0 Å². The molecule has 19 heavy (non-hydrogen) atoms. The molecule has 108 valence electrons. The summed E-state index contributed by atoms with van der Waals surface area (Å²) in [6.07, 6.45) is -0.725. The normalized spacial score (nSPS) is 13.4. The van der Waals surface area contributed by atoms with E-state index >= 15 is 0 Å². The molecule has 0 bridgehead atoms. The molecular formula is C15H25NO3. The molecule has 0 aliphatic heterocycles. The lowest BCUT2D eigenvalue weighted by molar-refractivity contribution is 0.0942. The van der Waals surface area contributed by atoms with Crippen molar-refractivity contribution in [2.24, 2.45) is 0 Å². The maximum Gasteiger partial charge on any atom is 0.123 e. The molecule has 0 fully saturated rings. The van der Waals surface area contributed by atoms with Crippen molar-refractivity contribution < 1.29 is 14.9 Å². The summed E-state index contributed by atoms with van der Waals surface area (Å²) in [4.78, 5) is 0. The fourth-order valence-electron chi connectivity index (χ4n) is 1.82. The van der Waals surface area contributed by atoms with Crippen molar-refractivity contribution in [1.82, 2.24) is 5.32 Å². The zero-order valence-corrected chi connectivity index (χ0v) is 12.2. The van der Waals surface area contributed by atoms with E-state index in [2.05, 4.69) is 38.2 Å². The van der Waals surface area contributed by atoms with Crippen molar-refractivity contribution in [3.05, 3.63) is 29.3 Å². The first-order valence-corrected chi connectivity index (χ1v) is 6.55. The van der Waals surface area contributed by atoms with Gasteiger partial charge in [0.25, 0.3) is 0 Å². The van der Waals surface area contributed by atoms with E-state index in [1.807, 2.05) is 6.07 Å². The average Bonchev–Trinajstić information content (AvgIpc) is 2.37. The van der Waals surface area contributed by atoms with Gasteiger partial charge in [-0.1, -0.05) is 32.9 Å². The second-order valence-corrected chi connectivity index (χ2v) is 5.74. The Morgan fingerprint density at radius 2 is 2.00 bits per heavy atom. The summed E-state index contributed by atoms with van der Waals surface area (Å²) in [6.45, 7) is 7.24. The summed E-state index contributed by atoms with van der Waals surface area (Å²) in [5, 5.41) is 21.2. The lowest BCUT2D eigenvalue weighted by Gasteiger charge is -2.21. The standard InChI is InChI=1S/C15H25NO3/c1-15(2,3)12-5-6-14(19-4)11(7-12)8-16-9-13(18)10-17/h5-7,13,16-18H,8-10H2,1-4H3. The van der Waals surface area contributed by atoms with E-state index in [0.29, 0.717) is 13.1 Å². The van der Waals surface area contributed by atoms with Crippen LogP contribution < -0.4 is 10.1 Å². The molecule has 1 atom stereocenters. The highest BCUT2D eigenvalue weighted by atomic mass is 16.5.